The van der Waals surface area contributed by atoms with Crippen LogP contribution in [0.3, 0.4) is 0 Å². The van der Waals surface area contributed by atoms with Crippen molar-refractivity contribution in [1.29, 1.82) is 0 Å². The Labute approximate surface area is 267 Å². The molecular formula is C35H43F2N5O4. The topological polar surface area (TPSA) is 126 Å². The zero-order valence-corrected chi connectivity index (χ0v) is 26.4. The Bertz CT molecular complexity index is 1590. The highest BCUT2D eigenvalue weighted by molar-refractivity contribution is 5.87. The Morgan fingerprint density at radius 1 is 1.04 bits per heavy atom. The lowest BCUT2D eigenvalue weighted by molar-refractivity contribution is -0.132. The number of amides is 1. The van der Waals surface area contributed by atoms with E-state index in [0.717, 1.165) is 57.3 Å². The second-order valence-corrected chi connectivity index (χ2v) is 12.1. The number of rotatable bonds is 14. The molecule has 1 saturated heterocycles. The molecule has 1 aliphatic rings. The third-order valence-electron chi connectivity index (χ3n) is 8.89. The molecule has 2 aromatic heterocycles. The number of ether oxygens (including phenoxy) is 2. The number of alkyl halides is 2. The lowest BCUT2D eigenvalue weighted by atomic mass is 9.93. The lowest BCUT2D eigenvalue weighted by Gasteiger charge is -2.33. The average Bonchev–Trinajstić information content (AvgIpc) is 3.53. The molecule has 9 nitrogen and oxygen atoms in total. The van der Waals surface area contributed by atoms with Crippen molar-refractivity contribution in [2.45, 2.75) is 76.0 Å². The summed E-state index contributed by atoms with van der Waals surface area (Å²) in [5.41, 5.74) is 12.8. The van der Waals surface area contributed by atoms with Crippen molar-refractivity contribution in [3.05, 3.63) is 87.7 Å². The Kier molecular flexibility index (Phi) is 11.3. The fourth-order valence-corrected chi connectivity index (χ4v) is 6.30. The number of aromatic nitrogens is 3. The van der Waals surface area contributed by atoms with Crippen LogP contribution in [0.25, 0.3) is 22.0 Å². The van der Waals surface area contributed by atoms with Gasteiger partial charge in [-0.1, -0.05) is 36.4 Å². The van der Waals surface area contributed by atoms with E-state index in [-0.39, 0.29) is 37.1 Å². The maximum atomic E-state index is 13.9. The molecule has 0 spiro atoms. The molecule has 0 saturated carbocycles. The number of H-pyrrole nitrogens is 2. The van der Waals surface area contributed by atoms with Gasteiger partial charge in [0, 0.05) is 93.1 Å². The number of methoxy groups -OCH3 is 2. The Hall–Kier alpha value is -3.93. The van der Waals surface area contributed by atoms with Gasteiger partial charge in [0.25, 0.3) is 0 Å². The van der Waals surface area contributed by atoms with Crippen LogP contribution in [-0.4, -0.2) is 71.8 Å². The summed E-state index contributed by atoms with van der Waals surface area (Å²) < 4.78 is 37.5. The van der Waals surface area contributed by atoms with Gasteiger partial charge < -0.3 is 30.1 Å². The number of aryl methyl sites for hydroxylation is 2. The maximum absolute atomic E-state index is 13.9. The number of halogens is 2. The van der Waals surface area contributed by atoms with Gasteiger partial charge in [-0.3, -0.25) is 4.79 Å². The number of fused-ring (bicyclic) bond motifs is 1. The second-order valence-electron chi connectivity index (χ2n) is 12.1. The summed E-state index contributed by atoms with van der Waals surface area (Å²) in [6, 6.07) is 13.6. The minimum atomic E-state index is -1.35. The summed E-state index contributed by atoms with van der Waals surface area (Å²) in [5.74, 6) is 0.144. The van der Waals surface area contributed by atoms with Gasteiger partial charge in [-0.15, -0.1) is 0 Å². The lowest BCUT2D eigenvalue weighted by Crippen LogP contribution is -2.42. The van der Waals surface area contributed by atoms with Crippen molar-refractivity contribution in [1.82, 2.24) is 19.9 Å². The van der Waals surface area contributed by atoms with Crippen LogP contribution in [0.2, 0.25) is 0 Å². The van der Waals surface area contributed by atoms with E-state index >= 15 is 0 Å². The average molecular weight is 636 g/mol. The fourth-order valence-electron chi connectivity index (χ4n) is 6.30. The molecule has 1 fully saturated rings. The van der Waals surface area contributed by atoms with E-state index in [1.807, 2.05) is 41.3 Å². The van der Waals surface area contributed by atoms with E-state index in [9.17, 15) is 18.4 Å². The summed E-state index contributed by atoms with van der Waals surface area (Å²) in [4.78, 5) is 36.5. The molecule has 4 aromatic rings. The van der Waals surface area contributed by atoms with E-state index in [1.54, 1.807) is 6.20 Å². The van der Waals surface area contributed by atoms with E-state index in [2.05, 4.69) is 21.0 Å². The van der Waals surface area contributed by atoms with Crippen LogP contribution in [0.5, 0.6) is 0 Å². The predicted molar refractivity (Wildman–Crippen MR) is 174 cm³/mol. The summed E-state index contributed by atoms with van der Waals surface area (Å²) in [7, 11) is 2.71. The highest BCUT2D eigenvalue weighted by Crippen LogP contribution is 2.33. The van der Waals surface area contributed by atoms with E-state index in [0.29, 0.717) is 32.4 Å². The number of nitrogens with two attached hydrogens (primary N) is 1. The third kappa shape index (κ3) is 8.45. The van der Waals surface area contributed by atoms with Crippen molar-refractivity contribution in [2.24, 2.45) is 5.73 Å². The van der Waals surface area contributed by atoms with Crippen LogP contribution < -0.4 is 11.4 Å². The Morgan fingerprint density at radius 3 is 2.41 bits per heavy atom. The van der Waals surface area contributed by atoms with Crippen LogP contribution in [0, 0.1) is 0 Å². The number of piperidine rings is 1. The molecule has 1 amide bonds. The summed E-state index contributed by atoms with van der Waals surface area (Å²) in [6.07, 6.45) is 4.55. The highest BCUT2D eigenvalue weighted by atomic mass is 19.1. The smallest absolute Gasteiger partial charge is 0.344 e. The van der Waals surface area contributed by atoms with Crippen molar-refractivity contribution < 1.29 is 23.0 Å². The molecule has 246 valence electrons. The van der Waals surface area contributed by atoms with Crippen molar-refractivity contribution in [3.8, 4) is 11.1 Å². The minimum absolute atomic E-state index is 0.0349. The van der Waals surface area contributed by atoms with E-state index in [4.69, 9.17) is 15.2 Å². The Balaban J connectivity index is 1.24. The van der Waals surface area contributed by atoms with Crippen LogP contribution in [0.1, 0.15) is 60.4 Å². The molecule has 0 bridgehead atoms. The normalized spacial score (nSPS) is 17.2. The van der Waals surface area contributed by atoms with Gasteiger partial charge in [-0.2, -0.15) is 0 Å². The van der Waals surface area contributed by atoms with Gasteiger partial charge in [0.15, 0.2) is 12.7 Å². The first-order chi connectivity index (χ1) is 22.2. The van der Waals surface area contributed by atoms with Crippen LogP contribution in [0.15, 0.2) is 59.7 Å². The quantitative estimate of drug-likeness (QED) is 0.172. The number of hydrogen-bond donors (Lipinski definition) is 3. The zero-order chi connectivity index (χ0) is 32.6. The number of benzene rings is 2. The largest absolute Gasteiger partial charge is 0.358 e. The molecule has 3 heterocycles. The molecule has 3 unspecified atom stereocenters. The number of likely N-dealkylation sites (tertiary alicyclic amines) is 1. The Morgan fingerprint density at radius 2 is 1.74 bits per heavy atom. The van der Waals surface area contributed by atoms with Crippen molar-refractivity contribution in [2.75, 3.05) is 27.3 Å². The molecule has 11 heteroatoms. The van der Waals surface area contributed by atoms with E-state index < -0.39 is 18.4 Å². The number of aromatic amines is 2. The molecule has 0 aliphatic carbocycles. The minimum Gasteiger partial charge on any atom is -0.358 e. The fraction of sp³-hybridized carbons (Fsp3) is 0.457. The number of carbonyl (C=O) groups is 1. The summed E-state index contributed by atoms with van der Waals surface area (Å²) in [6.45, 7) is 1.27. The first kappa shape index (κ1) is 33.4. The van der Waals surface area contributed by atoms with Gasteiger partial charge in [0.05, 0.1) is 0 Å². The van der Waals surface area contributed by atoms with Crippen molar-refractivity contribution >= 4 is 16.8 Å². The molecular weight excluding hydrogens is 592 g/mol. The van der Waals surface area contributed by atoms with Gasteiger partial charge in [0.1, 0.15) is 0 Å². The molecule has 1 aliphatic heterocycles. The third-order valence-corrected chi connectivity index (χ3v) is 8.89. The van der Waals surface area contributed by atoms with E-state index in [1.165, 1.54) is 20.4 Å². The first-order valence-corrected chi connectivity index (χ1v) is 15.9. The molecule has 4 atom stereocenters. The number of nitrogens with zero attached hydrogens (tertiary/aromatic N) is 2. The summed E-state index contributed by atoms with van der Waals surface area (Å²) in [5, 5.41) is 0.997. The SMILES string of the molecule is COC(F)CCc1ccc(CCC(F)OC)c2[nH]c(C3CCCN(C(=O)C[C@H](N)Cc4ccc(-c5cnc(=O)[nH]c5)cc4)C3)cc12. The van der Waals surface area contributed by atoms with Crippen LogP contribution >= 0.6 is 0 Å². The molecule has 5 rings (SSSR count). The van der Waals surface area contributed by atoms with Gasteiger partial charge in [0.2, 0.25) is 5.91 Å². The van der Waals surface area contributed by atoms with Crippen molar-refractivity contribution in [3.63, 3.8) is 0 Å². The van der Waals surface area contributed by atoms with Crippen LogP contribution in [-0.2, 0) is 33.5 Å². The molecule has 4 N–H and O–H groups in total. The van der Waals surface area contributed by atoms with Gasteiger partial charge >= 0.3 is 5.69 Å². The molecule has 46 heavy (non-hydrogen) atoms. The van der Waals surface area contributed by atoms with Gasteiger partial charge in [-0.05, 0) is 60.4 Å². The number of nitrogens with one attached hydrogen (secondary N) is 2. The standard InChI is InChI=1S/C35H43F2N5O4/c1-45-31(36)13-11-24-9-10-25(12-14-32(37)46-2)34-29(24)18-30(41-34)26-4-3-15-42(21-26)33(43)17-28(38)16-22-5-7-23(8-6-22)27-19-39-35(44)40-20-27/h5-10,18-20,26,28,31-32,41H,3-4,11-17,21,38H2,1-2H3,(H,39,40,44)/t26?,28-,31?,32?/m1/s1. The first-order valence-electron chi connectivity index (χ1n) is 15.9. The monoisotopic (exact) mass is 635 g/mol. The summed E-state index contributed by atoms with van der Waals surface area (Å²) >= 11 is 0. The zero-order valence-electron chi connectivity index (χ0n) is 26.4. The molecule has 0 radical (unpaired) electrons. The number of carbonyl (C=O) groups excluding carboxylic acids is 1. The van der Waals surface area contributed by atoms with Gasteiger partial charge in [-0.25, -0.2) is 18.6 Å². The second kappa shape index (κ2) is 15.6. The maximum Gasteiger partial charge on any atom is 0.344 e. The number of hydrogen-bond acceptors (Lipinski definition) is 6. The molecule has 2 aromatic carbocycles. The highest BCUT2D eigenvalue weighted by Gasteiger charge is 2.27. The van der Waals surface area contributed by atoms with Crippen LogP contribution in [0.4, 0.5) is 8.78 Å². The predicted octanol–water partition coefficient (Wildman–Crippen LogP) is 5.33.